The van der Waals surface area contributed by atoms with E-state index in [0.29, 0.717) is 20.8 Å². The molecular formula is C21H27Cl2N4O2S+. The minimum Gasteiger partial charge on any atom is -0.443 e. The molecule has 30 heavy (non-hydrogen) atoms. The van der Waals surface area contributed by atoms with Gasteiger partial charge < -0.3 is 20.8 Å². The summed E-state index contributed by atoms with van der Waals surface area (Å²) in [6.45, 7) is 3.36. The summed E-state index contributed by atoms with van der Waals surface area (Å²) in [4.78, 5) is 12.5. The molecule has 2 aliphatic rings. The smallest absolute Gasteiger partial charge is 0.155 e. The number of rotatable bonds is 4. The molecule has 2 heterocycles. The topological polar surface area (TPSA) is 98.2 Å². The number of anilines is 1. The molecule has 1 aliphatic heterocycles. The van der Waals surface area contributed by atoms with Crippen LogP contribution in [-0.2, 0) is 6.61 Å². The Labute approximate surface area is 190 Å². The zero-order valence-corrected chi connectivity index (χ0v) is 19.2. The highest BCUT2D eigenvalue weighted by Gasteiger charge is 2.48. The lowest BCUT2D eigenvalue weighted by atomic mass is 9.74. The fourth-order valence-electron chi connectivity index (χ4n) is 4.67. The molecule has 2 aromatic rings. The van der Waals surface area contributed by atoms with Gasteiger partial charge in [-0.05, 0) is 37.3 Å². The lowest BCUT2D eigenvalue weighted by Crippen LogP contribution is -2.47. The number of nitrogens with zero attached hydrogens (tertiary/aromatic N) is 3. The van der Waals surface area contributed by atoms with Gasteiger partial charge in [-0.3, -0.25) is 0 Å². The Kier molecular flexibility index (Phi) is 6.49. The average molecular weight is 470 g/mol. The van der Waals surface area contributed by atoms with Crippen LogP contribution >= 0.6 is 35.0 Å². The summed E-state index contributed by atoms with van der Waals surface area (Å²) < 4.78 is 0. The fourth-order valence-corrected chi connectivity index (χ4v) is 6.04. The van der Waals surface area contributed by atoms with Crippen LogP contribution in [0.5, 0.6) is 0 Å². The Morgan fingerprint density at radius 1 is 1.30 bits per heavy atom. The molecule has 2 fully saturated rings. The number of benzene rings is 1. The number of nitrogens with two attached hydrogens (primary N) is 1. The van der Waals surface area contributed by atoms with Gasteiger partial charge in [-0.15, -0.1) is 0 Å². The van der Waals surface area contributed by atoms with Crippen LogP contribution in [0.4, 0.5) is 5.82 Å². The first-order valence-electron chi connectivity index (χ1n) is 10.1. The molecule has 162 valence electrons. The maximum Gasteiger partial charge on any atom is 0.155 e. The Hall–Kier alpha value is -1.09. The van der Waals surface area contributed by atoms with Crippen molar-refractivity contribution < 1.29 is 10.2 Å². The van der Waals surface area contributed by atoms with Crippen LogP contribution < -0.4 is 10.6 Å². The van der Waals surface area contributed by atoms with Crippen LogP contribution in [0.25, 0.3) is 0 Å². The first-order chi connectivity index (χ1) is 14.3. The summed E-state index contributed by atoms with van der Waals surface area (Å²) >= 11 is 13.8. The molecule has 0 radical (unpaired) electrons. The molecule has 5 N–H and O–H groups in total. The number of aliphatic hydroxyl groups is 1. The predicted molar refractivity (Wildman–Crippen MR) is 122 cm³/mol. The van der Waals surface area contributed by atoms with Gasteiger partial charge in [0.05, 0.1) is 22.3 Å². The molecule has 0 unspecified atom stereocenters. The third kappa shape index (κ3) is 4.16. The maximum atomic E-state index is 9.98. The Morgan fingerprint density at radius 3 is 2.67 bits per heavy atom. The molecule has 6 nitrogen and oxygen atoms in total. The second kappa shape index (κ2) is 8.81. The normalized spacial score (nSPS) is 23.3. The second-order valence-corrected chi connectivity index (χ2v) is 10.1. The number of aliphatic hydroxyl groups excluding tert-OH is 1. The van der Waals surface area contributed by atoms with Crippen LogP contribution in [0.2, 0.25) is 10.0 Å². The van der Waals surface area contributed by atoms with Crippen LogP contribution in [0.3, 0.4) is 0 Å². The van der Waals surface area contributed by atoms with Gasteiger partial charge in [0.25, 0.3) is 0 Å². The molecule has 2 atom stereocenters. The van der Waals surface area contributed by atoms with E-state index in [-0.39, 0.29) is 24.2 Å². The van der Waals surface area contributed by atoms with Crippen molar-refractivity contribution in [3.63, 3.8) is 0 Å². The van der Waals surface area contributed by atoms with Crippen molar-refractivity contribution in [1.82, 2.24) is 9.97 Å². The Morgan fingerprint density at radius 2 is 2.03 bits per heavy atom. The van der Waals surface area contributed by atoms with E-state index in [4.69, 9.17) is 44.0 Å². The monoisotopic (exact) mass is 469 g/mol. The highest BCUT2D eigenvalue weighted by atomic mass is 35.5. The molecule has 0 amide bonds. The maximum absolute atomic E-state index is 9.98. The van der Waals surface area contributed by atoms with E-state index in [0.717, 1.165) is 55.2 Å². The van der Waals surface area contributed by atoms with Crippen molar-refractivity contribution in [1.29, 1.82) is 0 Å². The summed E-state index contributed by atoms with van der Waals surface area (Å²) in [6, 6.07) is 5.59. The zero-order valence-electron chi connectivity index (χ0n) is 16.9. The van der Waals surface area contributed by atoms with Gasteiger partial charge in [-0.2, -0.15) is 0 Å². The van der Waals surface area contributed by atoms with Gasteiger partial charge in [0.15, 0.2) is 11.9 Å². The average Bonchev–Trinajstić information content (AvgIpc) is 2.99. The SMILES string of the molecule is Cc1nc(N2CCC3(CC2)C[C@H]([OH2+])C[C@H]3N)c(CO)nc1Sc1cccc(Cl)c1Cl. The van der Waals surface area contributed by atoms with Crippen molar-refractivity contribution in [2.24, 2.45) is 11.1 Å². The van der Waals surface area contributed by atoms with Crippen molar-refractivity contribution in [2.75, 3.05) is 18.0 Å². The van der Waals surface area contributed by atoms with E-state index in [9.17, 15) is 5.11 Å². The van der Waals surface area contributed by atoms with Crippen LogP contribution in [-0.4, -0.2) is 45.4 Å². The third-order valence-corrected chi connectivity index (χ3v) is 8.46. The van der Waals surface area contributed by atoms with Gasteiger partial charge in [-0.25, -0.2) is 9.97 Å². The van der Waals surface area contributed by atoms with E-state index in [2.05, 4.69) is 4.90 Å². The Bertz CT molecular complexity index is 937. The molecule has 9 heteroatoms. The van der Waals surface area contributed by atoms with Gasteiger partial charge >= 0.3 is 0 Å². The molecule has 0 bridgehead atoms. The highest BCUT2D eigenvalue weighted by Crippen LogP contribution is 2.46. The molecule has 1 aromatic heterocycles. The summed E-state index contributed by atoms with van der Waals surface area (Å²) in [6.07, 6.45) is 3.53. The number of hydrogen-bond acceptors (Lipinski definition) is 6. The predicted octanol–water partition coefficient (Wildman–Crippen LogP) is 3.54. The molecule has 1 spiro atoms. The molecule has 1 saturated carbocycles. The van der Waals surface area contributed by atoms with Crippen LogP contribution in [0, 0.1) is 12.3 Å². The minimum absolute atomic E-state index is 0.0452. The fraction of sp³-hybridized carbons (Fsp3) is 0.524. The minimum atomic E-state index is -0.185. The first-order valence-corrected chi connectivity index (χ1v) is 11.7. The second-order valence-electron chi connectivity index (χ2n) is 8.29. The van der Waals surface area contributed by atoms with Gasteiger partial charge in [-0.1, -0.05) is 41.0 Å². The van der Waals surface area contributed by atoms with Crippen molar-refractivity contribution in [3.05, 3.63) is 39.6 Å². The molecule has 1 saturated heterocycles. The summed E-state index contributed by atoms with van der Waals surface area (Å²) in [5, 5.41) is 19.8. The standard InChI is InChI=1S/C21H26Cl2N4O2S/c1-12-20(30-16-4-2-3-14(22)18(16)23)26-15(11-28)19(25-12)27-7-5-21(6-8-27)10-13(29)9-17(21)24/h2-4,13,17,28-29H,5-11,24H2,1H3/p+1/t13-,17-/m1/s1. The molecular weight excluding hydrogens is 443 g/mol. The molecule has 1 aliphatic carbocycles. The van der Waals surface area contributed by atoms with E-state index in [1.54, 1.807) is 6.07 Å². The summed E-state index contributed by atoms with van der Waals surface area (Å²) in [5.74, 6) is 0.736. The van der Waals surface area contributed by atoms with Gasteiger partial charge in [0.2, 0.25) is 0 Å². The molecule has 1 aromatic carbocycles. The largest absolute Gasteiger partial charge is 0.443 e. The number of hydrogen-bond donors (Lipinski definition) is 2. The van der Waals surface area contributed by atoms with Crippen molar-refractivity contribution in [3.8, 4) is 0 Å². The Balaban J connectivity index is 1.55. The van der Waals surface area contributed by atoms with E-state index < -0.39 is 0 Å². The van der Waals surface area contributed by atoms with Crippen molar-refractivity contribution >= 4 is 40.8 Å². The summed E-state index contributed by atoms with van der Waals surface area (Å²) in [7, 11) is 0. The van der Waals surface area contributed by atoms with E-state index >= 15 is 0 Å². The first kappa shape index (κ1) is 22.1. The van der Waals surface area contributed by atoms with Crippen LogP contribution in [0.15, 0.2) is 28.1 Å². The number of aromatic nitrogens is 2. The van der Waals surface area contributed by atoms with Gasteiger partial charge in [0, 0.05) is 36.9 Å². The third-order valence-electron chi connectivity index (χ3n) is 6.39. The lowest BCUT2D eigenvalue weighted by molar-refractivity contribution is 0.141. The lowest BCUT2D eigenvalue weighted by Gasteiger charge is -2.42. The van der Waals surface area contributed by atoms with E-state index in [1.807, 2.05) is 19.1 Å². The van der Waals surface area contributed by atoms with Gasteiger partial charge in [0.1, 0.15) is 10.7 Å². The van der Waals surface area contributed by atoms with E-state index in [1.165, 1.54) is 11.8 Å². The number of aryl methyl sites for hydroxylation is 1. The van der Waals surface area contributed by atoms with Crippen molar-refractivity contribution in [2.45, 2.75) is 61.3 Å². The highest BCUT2D eigenvalue weighted by molar-refractivity contribution is 7.99. The number of halogens is 2. The zero-order chi connectivity index (χ0) is 21.5. The number of piperidine rings is 1. The van der Waals surface area contributed by atoms with Crippen LogP contribution in [0.1, 0.15) is 37.1 Å². The molecule has 4 rings (SSSR count). The summed E-state index contributed by atoms with van der Waals surface area (Å²) in [5.41, 5.74) is 7.80. The quantitative estimate of drug-likeness (QED) is 0.664.